The molecule has 1 spiro atoms. The number of nitro groups is 1. The van der Waals surface area contributed by atoms with Crippen LogP contribution in [-0.4, -0.2) is 33.8 Å². The van der Waals surface area contributed by atoms with E-state index >= 15 is 0 Å². The normalized spacial score (nSPS) is 33.0. The van der Waals surface area contributed by atoms with Crippen molar-refractivity contribution in [3.05, 3.63) is 45.6 Å². The molecule has 3 heterocycles. The van der Waals surface area contributed by atoms with Crippen molar-refractivity contribution >= 4 is 16.8 Å². The van der Waals surface area contributed by atoms with Crippen LogP contribution >= 0.6 is 0 Å². The lowest BCUT2D eigenvalue weighted by Gasteiger charge is -2.38. The first-order valence-corrected chi connectivity index (χ1v) is 9.54. The van der Waals surface area contributed by atoms with Gasteiger partial charge in [0, 0.05) is 46.3 Å². The number of fused-ring (bicyclic) bond motifs is 3. The number of nitrogens with zero attached hydrogens (tertiary/aromatic N) is 2. The van der Waals surface area contributed by atoms with Gasteiger partial charge in [-0.1, -0.05) is 25.1 Å². The minimum Gasteiger partial charge on any atom is -0.356 e. The summed E-state index contributed by atoms with van der Waals surface area (Å²) < 4.78 is 0. The zero-order valence-electron chi connectivity index (χ0n) is 14.9. The van der Waals surface area contributed by atoms with Gasteiger partial charge in [0.1, 0.15) is 0 Å². The molecule has 26 heavy (non-hydrogen) atoms. The molecule has 1 saturated heterocycles. The summed E-state index contributed by atoms with van der Waals surface area (Å²) in [4.78, 5) is 29.7. The molecular weight excluding hydrogens is 330 g/mol. The van der Waals surface area contributed by atoms with Crippen LogP contribution in [0.3, 0.4) is 0 Å². The molecule has 6 nitrogen and oxygen atoms in total. The zero-order chi connectivity index (χ0) is 18.1. The van der Waals surface area contributed by atoms with Crippen molar-refractivity contribution in [2.45, 2.75) is 38.1 Å². The third kappa shape index (κ3) is 1.90. The number of carbonyl (C=O) groups excluding carboxylic acids is 1. The highest BCUT2D eigenvalue weighted by atomic mass is 16.6. The molecule has 0 radical (unpaired) electrons. The lowest BCUT2D eigenvalue weighted by molar-refractivity contribution is -0.491. The Kier molecular flexibility index (Phi) is 3.24. The quantitative estimate of drug-likeness (QED) is 0.665. The SMILES string of the molecule is C[C@H]1C[C@@]23c4[nH]c5ccccc5c4CCCN2C(=O)C[C@H]3[C@@H]1C[N+](=O)[O-]. The van der Waals surface area contributed by atoms with Crippen molar-refractivity contribution in [3.63, 3.8) is 0 Å². The van der Waals surface area contributed by atoms with E-state index in [0.717, 1.165) is 37.0 Å². The smallest absolute Gasteiger partial charge is 0.223 e. The summed E-state index contributed by atoms with van der Waals surface area (Å²) in [7, 11) is 0. The first-order valence-electron chi connectivity index (χ1n) is 9.54. The van der Waals surface area contributed by atoms with Crippen LogP contribution in [0.25, 0.3) is 10.9 Å². The zero-order valence-corrected chi connectivity index (χ0v) is 14.9. The van der Waals surface area contributed by atoms with Crippen LogP contribution in [0.15, 0.2) is 24.3 Å². The number of rotatable bonds is 2. The van der Waals surface area contributed by atoms with Crippen LogP contribution in [0.5, 0.6) is 0 Å². The van der Waals surface area contributed by atoms with Gasteiger partial charge in [-0.15, -0.1) is 0 Å². The molecule has 3 aliphatic rings. The van der Waals surface area contributed by atoms with E-state index in [0.29, 0.717) is 6.42 Å². The third-order valence-electron chi connectivity index (χ3n) is 7.09. The molecule has 4 atom stereocenters. The average molecular weight is 353 g/mol. The van der Waals surface area contributed by atoms with Crippen molar-refractivity contribution in [3.8, 4) is 0 Å². The molecule has 1 saturated carbocycles. The number of carbonyl (C=O) groups is 1. The summed E-state index contributed by atoms with van der Waals surface area (Å²) in [6.45, 7) is 2.84. The standard InChI is InChI=1S/C20H23N3O3/c1-12-10-20-16(15(12)11-23(25)26)9-18(24)22(20)8-4-6-14-13-5-2-3-7-17(13)21-19(14)20/h2-3,5,7,12,15-16,21H,4,6,8-11H2,1H3/t12-,15+,16-,20+/m0/s1. The molecular formula is C20H23N3O3. The second-order valence-electron chi connectivity index (χ2n) is 8.27. The van der Waals surface area contributed by atoms with Crippen molar-refractivity contribution in [1.29, 1.82) is 0 Å². The molecule has 1 amide bonds. The van der Waals surface area contributed by atoms with Gasteiger partial charge >= 0.3 is 0 Å². The Labute approximate surface area is 151 Å². The van der Waals surface area contributed by atoms with E-state index in [-0.39, 0.29) is 40.7 Å². The maximum absolute atomic E-state index is 12.9. The highest BCUT2D eigenvalue weighted by Gasteiger charge is 2.64. The largest absolute Gasteiger partial charge is 0.356 e. The lowest BCUT2D eigenvalue weighted by atomic mass is 9.79. The van der Waals surface area contributed by atoms with E-state index < -0.39 is 0 Å². The Morgan fingerprint density at radius 2 is 2.19 bits per heavy atom. The Morgan fingerprint density at radius 3 is 3.00 bits per heavy atom. The Hall–Kier alpha value is -2.37. The lowest BCUT2D eigenvalue weighted by Crippen LogP contribution is -2.45. The monoisotopic (exact) mass is 353 g/mol. The molecule has 0 unspecified atom stereocenters. The fourth-order valence-electron chi connectivity index (χ4n) is 6.16. The molecule has 0 bridgehead atoms. The van der Waals surface area contributed by atoms with Crippen molar-refractivity contribution in [1.82, 2.24) is 9.88 Å². The molecule has 2 fully saturated rings. The van der Waals surface area contributed by atoms with Crippen LogP contribution in [0.4, 0.5) is 0 Å². The summed E-state index contributed by atoms with van der Waals surface area (Å²) in [5, 5.41) is 12.5. The number of amides is 1. The number of aryl methyl sites for hydroxylation is 1. The molecule has 1 aromatic heterocycles. The topological polar surface area (TPSA) is 79.2 Å². The molecule has 2 aliphatic heterocycles. The second kappa shape index (κ2) is 5.32. The average Bonchev–Trinajstić information content (AvgIpc) is 3.14. The number of aromatic nitrogens is 1. The summed E-state index contributed by atoms with van der Waals surface area (Å²) in [5.74, 6) is 0.386. The van der Waals surface area contributed by atoms with Crippen molar-refractivity contribution in [2.24, 2.45) is 17.8 Å². The summed E-state index contributed by atoms with van der Waals surface area (Å²) in [6, 6.07) is 8.32. The summed E-state index contributed by atoms with van der Waals surface area (Å²) >= 11 is 0. The van der Waals surface area contributed by atoms with Gasteiger partial charge in [-0.25, -0.2) is 0 Å². The molecule has 1 aromatic carbocycles. The molecule has 1 aliphatic carbocycles. The van der Waals surface area contributed by atoms with Crippen molar-refractivity contribution in [2.75, 3.05) is 13.1 Å². The maximum Gasteiger partial charge on any atom is 0.223 e. The van der Waals surface area contributed by atoms with Crippen molar-refractivity contribution < 1.29 is 9.72 Å². The van der Waals surface area contributed by atoms with Crippen LogP contribution in [0.2, 0.25) is 0 Å². The van der Waals surface area contributed by atoms with Gasteiger partial charge < -0.3 is 9.88 Å². The summed E-state index contributed by atoms with van der Waals surface area (Å²) in [6.07, 6.45) is 3.16. The van der Waals surface area contributed by atoms with Gasteiger partial charge in [-0.3, -0.25) is 14.9 Å². The Bertz CT molecular complexity index is 920. The highest BCUT2D eigenvalue weighted by Crippen LogP contribution is 2.60. The van der Waals surface area contributed by atoms with Gasteiger partial charge in [-0.2, -0.15) is 0 Å². The minimum atomic E-state index is -0.387. The molecule has 5 rings (SSSR count). The van der Waals surface area contributed by atoms with Crippen LogP contribution in [0, 0.1) is 27.9 Å². The Balaban J connectivity index is 1.74. The van der Waals surface area contributed by atoms with Crippen LogP contribution < -0.4 is 0 Å². The van der Waals surface area contributed by atoms with Gasteiger partial charge in [-0.05, 0) is 36.8 Å². The third-order valence-corrected chi connectivity index (χ3v) is 7.09. The molecule has 2 aromatic rings. The Morgan fingerprint density at radius 1 is 1.38 bits per heavy atom. The van der Waals surface area contributed by atoms with E-state index in [1.54, 1.807) is 0 Å². The second-order valence-corrected chi connectivity index (χ2v) is 8.27. The van der Waals surface area contributed by atoms with E-state index in [9.17, 15) is 14.9 Å². The number of hydrogen-bond acceptors (Lipinski definition) is 3. The number of benzene rings is 1. The van der Waals surface area contributed by atoms with Crippen LogP contribution in [-0.2, 0) is 16.8 Å². The number of para-hydroxylation sites is 1. The van der Waals surface area contributed by atoms with Gasteiger partial charge in [0.15, 0.2) is 0 Å². The fraction of sp³-hybridized carbons (Fsp3) is 0.550. The number of hydrogen-bond donors (Lipinski definition) is 1. The van der Waals surface area contributed by atoms with Crippen LogP contribution in [0.1, 0.15) is 37.4 Å². The highest BCUT2D eigenvalue weighted by molar-refractivity contribution is 5.87. The predicted molar refractivity (Wildman–Crippen MR) is 97.3 cm³/mol. The van der Waals surface area contributed by atoms with E-state index in [2.05, 4.69) is 35.0 Å². The van der Waals surface area contributed by atoms with E-state index in [4.69, 9.17) is 0 Å². The minimum absolute atomic E-state index is 0.0281. The first kappa shape index (κ1) is 15.9. The molecule has 136 valence electrons. The number of H-pyrrole nitrogens is 1. The van der Waals surface area contributed by atoms with Gasteiger partial charge in [0.05, 0.1) is 5.54 Å². The summed E-state index contributed by atoms with van der Waals surface area (Å²) in [5.41, 5.74) is 3.20. The van der Waals surface area contributed by atoms with Gasteiger partial charge in [0.25, 0.3) is 0 Å². The van der Waals surface area contributed by atoms with E-state index in [1.807, 2.05) is 6.07 Å². The van der Waals surface area contributed by atoms with Gasteiger partial charge in [0.2, 0.25) is 12.5 Å². The number of nitrogens with one attached hydrogen (secondary N) is 1. The number of aromatic amines is 1. The fourth-order valence-corrected chi connectivity index (χ4v) is 6.16. The predicted octanol–water partition coefficient (Wildman–Crippen LogP) is 3.09. The molecule has 6 heteroatoms. The van der Waals surface area contributed by atoms with E-state index in [1.165, 1.54) is 10.9 Å². The molecule has 1 N–H and O–H groups in total. The first-order chi connectivity index (χ1) is 12.5. The maximum atomic E-state index is 12.9.